The normalized spacial score (nSPS) is 16.2. The van der Waals surface area contributed by atoms with Gasteiger partial charge in [0.2, 0.25) is 0 Å². The Bertz CT molecular complexity index is 517. The average molecular weight is 278 g/mol. The van der Waals surface area contributed by atoms with Gasteiger partial charge in [-0.2, -0.15) is 9.61 Å². The first-order valence-electron chi connectivity index (χ1n) is 7.19. The molecule has 1 fully saturated rings. The second-order valence-corrected chi connectivity index (χ2v) is 5.89. The third kappa shape index (κ3) is 3.47. The van der Waals surface area contributed by atoms with Crippen molar-refractivity contribution in [2.45, 2.75) is 63.2 Å². The van der Waals surface area contributed by atoms with E-state index in [2.05, 4.69) is 21.4 Å². The predicted molar refractivity (Wildman–Crippen MR) is 79.6 cm³/mol. The Labute approximate surface area is 119 Å². The van der Waals surface area contributed by atoms with E-state index in [1.54, 1.807) is 0 Å². The maximum absolute atomic E-state index is 4.58. The fraction of sp³-hybridized carbons (Fsp3) is 0.643. The Kier molecular flexibility index (Phi) is 5.19. The fourth-order valence-electron chi connectivity index (χ4n) is 2.30. The van der Waals surface area contributed by atoms with E-state index in [1.807, 2.05) is 43.1 Å². The summed E-state index contributed by atoms with van der Waals surface area (Å²) in [5.41, 5.74) is 0.829. The van der Waals surface area contributed by atoms with Crippen LogP contribution in [0, 0.1) is 6.92 Å². The molecule has 0 saturated heterocycles. The fourth-order valence-corrected chi connectivity index (χ4v) is 3.48. The highest BCUT2D eigenvalue weighted by Gasteiger charge is 2.15. The van der Waals surface area contributed by atoms with Crippen molar-refractivity contribution >= 4 is 17.4 Å². The SMILES string of the molecule is CC.Cc1nnc2ccc(SC3CCCCC3)nn12. The molecule has 0 atom stereocenters. The highest BCUT2D eigenvalue weighted by molar-refractivity contribution is 7.99. The van der Waals surface area contributed by atoms with E-state index < -0.39 is 0 Å². The largest absolute Gasteiger partial charge is 0.197 e. The molecule has 0 unspecified atom stereocenters. The van der Waals surface area contributed by atoms with Crippen LogP contribution in [-0.4, -0.2) is 25.1 Å². The van der Waals surface area contributed by atoms with Gasteiger partial charge in [0.05, 0.1) is 0 Å². The zero-order chi connectivity index (χ0) is 13.7. The van der Waals surface area contributed by atoms with Crippen molar-refractivity contribution in [1.82, 2.24) is 19.8 Å². The molecule has 0 radical (unpaired) electrons. The maximum Gasteiger partial charge on any atom is 0.177 e. The lowest BCUT2D eigenvalue weighted by Gasteiger charge is -2.20. The van der Waals surface area contributed by atoms with Gasteiger partial charge in [0.25, 0.3) is 0 Å². The third-order valence-corrected chi connectivity index (χ3v) is 4.50. The second kappa shape index (κ2) is 6.89. The Morgan fingerprint density at radius 2 is 1.84 bits per heavy atom. The summed E-state index contributed by atoms with van der Waals surface area (Å²) in [7, 11) is 0. The molecule has 104 valence electrons. The molecule has 0 amide bonds. The van der Waals surface area contributed by atoms with Gasteiger partial charge >= 0.3 is 0 Å². The zero-order valence-corrected chi connectivity index (χ0v) is 12.8. The third-order valence-electron chi connectivity index (χ3n) is 3.23. The Hall–Kier alpha value is -1.10. The van der Waals surface area contributed by atoms with Crippen LogP contribution in [0.25, 0.3) is 5.65 Å². The van der Waals surface area contributed by atoms with E-state index in [0.717, 1.165) is 21.7 Å². The van der Waals surface area contributed by atoms with Crippen molar-refractivity contribution in [3.8, 4) is 0 Å². The van der Waals surface area contributed by atoms with Crippen LogP contribution in [0.5, 0.6) is 0 Å². The van der Waals surface area contributed by atoms with Gasteiger partial charge in [0.1, 0.15) is 5.03 Å². The van der Waals surface area contributed by atoms with Crippen molar-refractivity contribution in [1.29, 1.82) is 0 Å². The van der Waals surface area contributed by atoms with Crippen LogP contribution in [-0.2, 0) is 0 Å². The Morgan fingerprint density at radius 1 is 1.11 bits per heavy atom. The van der Waals surface area contributed by atoms with E-state index in [-0.39, 0.29) is 0 Å². The van der Waals surface area contributed by atoms with Crippen LogP contribution in [0.2, 0.25) is 0 Å². The molecule has 1 saturated carbocycles. The van der Waals surface area contributed by atoms with Crippen molar-refractivity contribution < 1.29 is 0 Å². The van der Waals surface area contributed by atoms with Crippen LogP contribution >= 0.6 is 11.8 Å². The zero-order valence-electron chi connectivity index (χ0n) is 12.0. The number of hydrogen-bond donors (Lipinski definition) is 0. The first-order valence-corrected chi connectivity index (χ1v) is 8.06. The number of aryl methyl sites for hydroxylation is 1. The number of hydrogen-bond acceptors (Lipinski definition) is 4. The summed E-state index contributed by atoms with van der Waals surface area (Å²) in [6, 6.07) is 4.06. The monoisotopic (exact) mass is 278 g/mol. The summed E-state index contributed by atoms with van der Waals surface area (Å²) in [5.74, 6) is 0.853. The lowest BCUT2D eigenvalue weighted by atomic mass is 10.0. The summed E-state index contributed by atoms with van der Waals surface area (Å²) >= 11 is 1.90. The quantitative estimate of drug-likeness (QED) is 0.836. The first-order chi connectivity index (χ1) is 9.33. The van der Waals surface area contributed by atoms with E-state index in [1.165, 1.54) is 32.1 Å². The summed E-state index contributed by atoms with van der Waals surface area (Å²) in [5, 5.41) is 14.5. The molecule has 2 aromatic heterocycles. The second-order valence-electron chi connectivity index (χ2n) is 4.57. The van der Waals surface area contributed by atoms with Gasteiger partial charge < -0.3 is 0 Å². The predicted octanol–water partition coefficient (Wildman–Crippen LogP) is 3.88. The standard InChI is InChI=1S/C12H16N4S.C2H6/c1-9-13-14-11-7-8-12(15-16(9)11)17-10-5-3-2-4-6-10;1-2/h7-8,10H,2-6H2,1H3;1-2H3. The molecule has 1 aliphatic rings. The van der Waals surface area contributed by atoms with Crippen LogP contribution < -0.4 is 0 Å². The van der Waals surface area contributed by atoms with E-state index in [0.29, 0.717) is 0 Å². The van der Waals surface area contributed by atoms with Crippen molar-refractivity contribution in [2.24, 2.45) is 0 Å². The smallest absolute Gasteiger partial charge is 0.177 e. The highest BCUT2D eigenvalue weighted by Crippen LogP contribution is 2.32. The van der Waals surface area contributed by atoms with E-state index in [4.69, 9.17) is 0 Å². The Balaban J connectivity index is 0.000000637. The van der Waals surface area contributed by atoms with Crippen LogP contribution in [0.4, 0.5) is 0 Å². The molecule has 0 spiro atoms. The van der Waals surface area contributed by atoms with E-state index >= 15 is 0 Å². The molecule has 0 bridgehead atoms. The average Bonchev–Trinajstić information content (AvgIpc) is 2.84. The van der Waals surface area contributed by atoms with Gasteiger partial charge in [0, 0.05) is 5.25 Å². The molecule has 2 heterocycles. The van der Waals surface area contributed by atoms with Crippen molar-refractivity contribution in [2.75, 3.05) is 0 Å². The Morgan fingerprint density at radius 3 is 2.58 bits per heavy atom. The number of rotatable bonds is 2. The number of nitrogens with zero attached hydrogens (tertiary/aromatic N) is 4. The minimum Gasteiger partial charge on any atom is -0.197 e. The van der Waals surface area contributed by atoms with Gasteiger partial charge in [-0.25, -0.2) is 0 Å². The minimum atomic E-state index is 0.741. The molecular weight excluding hydrogens is 256 g/mol. The maximum atomic E-state index is 4.58. The van der Waals surface area contributed by atoms with Gasteiger partial charge in [-0.15, -0.1) is 22.0 Å². The van der Waals surface area contributed by atoms with E-state index in [9.17, 15) is 0 Å². The molecule has 0 aromatic carbocycles. The van der Waals surface area contributed by atoms with Crippen LogP contribution in [0.3, 0.4) is 0 Å². The van der Waals surface area contributed by atoms with Crippen molar-refractivity contribution in [3.63, 3.8) is 0 Å². The minimum absolute atomic E-state index is 0.741. The number of aromatic nitrogens is 4. The lowest BCUT2D eigenvalue weighted by molar-refractivity contribution is 0.515. The molecular formula is C14H22N4S. The van der Waals surface area contributed by atoms with Gasteiger partial charge in [-0.05, 0) is 31.9 Å². The van der Waals surface area contributed by atoms with Gasteiger partial charge in [0.15, 0.2) is 11.5 Å². The molecule has 0 aliphatic heterocycles. The summed E-state index contributed by atoms with van der Waals surface area (Å²) < 4.78 is 1.82. The molecule has 1 aliphatic carbocycles. The van der Waals surface area contributed by atoms with Crippen LogP contribution in [0.1, 0.15) is 51.8 Å². The summed E-state index contributed by atoms with van der Waals surface area (Å²) in [6.45, 7) is 5.93. The molecule has 4 nitrogen and oxygen atoms in total. The molecule has 0 N–H and O–H groups in total. The molecule has 19 heavy (non-hydrogen) atoms. The highest BCUT2D eigenvalue weighted by atomic mass is 32.2. The van der Waals surface area contributed by atoms with Gasteiger partial charge in [-0.3, -0.25) is 0 Å². The number of fused-ring (bicyclic) bond motifs is 1. The lowest BCUT2D eigenvalue weighted by Crippen LogP contribution is -2.08. The topological polar surface area (TPSA) is 43.1 Å². The first kappa shape index (κ1) is 14.3. The number of thioether (sulfide) groups is 1. The summed E-state index contributed by atoms with van der Waals surface area (Å²) in [4.78, 5) is 0. The molecule has 5 heteroatoms. The molecule has 3 rings (SSSR count). The molecule has 2 aromatic rings. The van der Waals surface area contributed by atoms with Crippen molar-refractivity contribution in [3.05, 3.63) is 18.0 Å². The summed E-state index contributed by atoms with van der Waals surface area (Å²) in [6.07, 6.45) is 6.78. The van der Waals surface area contributed by atoms with Crippen LogP contribution in [0.15, 0.2) is 17.2 Å². The van der Waals surface area contributed by atoms with Gasteiger partial charge in [-0.1, -0.05) is 33.1 Å².